The zero-order valence-electron chi connectivity index (χ0n) is 17.5. The summed E-state index contributed by atoms with van der Waals surface area (Å²) in [6.45, 7) is 6.45. The summed E-state index contributed by atoms with van der Waals surface area (Å²) in [5.74, 6) is 0.515. The van der Waals surface area contributed by atoms with Gasteiger partial charge in [0, 0.05) is 63.9 Å². The van der Waals surface area contributed by atoms with E-state index in [1.54, 1.807) is 24.3 Å². The van der Waals surface area contributed by atoms with Crippen LogP contribution >= 0.6 is 0 Å². The van der Waals surface area contributed by atoms with Crippen molar-refractivity contribution < 1.29 is 14.4 Å². The number of piperidine rings is 1. The average molecular weight is 401 g/mol. The Balaban J connectivity index is 1.48. The Morgan fingerprint density at radius 2 is 1.69 bits per heavy atom. The molecule has 7 heteroatoms. The average Bonchev–Trinajstić information content (AvgIpc) is 2.72. The van der Waals surface area contributed by atoms with Gasteiger partial charge in [-0.05, 0) is 56.5 Å². The van der Waals surface area contributed by atoms with Gasteiger partial charge in [-0.3, -0.25) is 14.4 Å². The first-order chi connectivity index (χ1) is 13.9. The number of hydrogen-bond donors (Lipinski definition) is 1. The molecule has 0 radical (unpaired) electrons. The Hall–Kier alpha value is -2.41. The van der Waals surface area contributed by atoms with Crippen molar-refractivity contribution in [2.75, 3.05) is 51.6 Å². The van der Waals surface area contributed by atoms with Crippen molar-refractivity contribution in [2.24, 2.45) is 5.92 Å². The minimum atomic E-state index is -0.130. The number of nitrogens with zero attached hydrogens (tertiary/aromatic N) is 3. The lowest BCUT2D eigenvalue weighted by Crippen LogP contribution is -2.47. The van der Waals surface area contributed by atoms with Crippen LogP contribution in [-0.2, 0) is 9.59 Å². The number of likely N-dealkylation sites (tertiary alicyclic amines) is 1. The van der Waals surface area contributed by atoms with E-state index < -0.39 is 0 Å². The predicted octanol–water partition coefficient (Wildman–Crippen LogP) is 2.05. The molecule has 1 aromatic carbocycles. The number of rotatable bonds is 5. The molecule has 0 bridgehead atoms. The van der Waals surface area contributed by atoms with Crippen LogP contribution in [0.1, 0.15) is 43.0 Å². The maximum atomic E-state index is 12.9. The number of piperazine rings is 1. The van der Waals surface area contributed by atoms with E-state index in [2.05, 4.69) is 17.3 Å². The summed E-state index contributed by atoms with van der Waals surface area (Å²) in [6.07, 6.45) is 3.46. The van der Waals surface area contributed by atoms with Gasteiger partial charge in [0.1, 0.15) is 0 Å². The molecule has 3 amide bonds. The van der Waals surface area contributed by atoms with E-state index in [9.17, 15) is 14.4 Å². The highest BCUT2D eigenvalue weighted by Gasteiger charge is 2.26. The number of anilines is 1. The van der Waals surface area contributed by atoms with Gasteiger partial charge in [-0.2, -0.15) is 0 Å². The number of carbonyl (C=O) groups is 3. The van der Waals surface area contributed by atoms with Crippen molar-refractivity contribution in [1.82, 2.24) is 14.7 Å². The summed E-state index contributed by atoms with van der Waals surface area (Å²) >= 11 is 0. The molecule has 158 valence electrons. The van der Waals surface area contributed by atoms with E-state index in [1.807, 2.05) is 9.80 Å². The van der Waals surface area contributed by atoms with Gasteiger partial charge in [0.05, 0.1) is 0 Å². The van der Waals surface area contributed by atoms with Crippen LogP contribution in [0.15, 0.2) is 24.3 Å². The summed E-state index contributed by atoms with van der Waals surface area (Å²) in [5.41, 5.74) is 1.32. The molecule has 0 aliphatic carbocycles. The molecular formula is C22H32N4O3. The fourth-order valence-corrected chi connectivity index (χ4v) is 4.11. The normalized spacial score (nSPS) is 20.4. The van der Waals surface area contributed by atoms with Crippen molar-refractivity contribution in [1.29, 1.82) is 0 Å². The quantitative estimate of drug-likeness (QED) is 0.821. The predicted molar refractivity (Wildman–Crippen MR) is 113 cm³/mol. The topological polar surface area (TPSA) is 73.0 Å². The smallest absolute Gasteiger partial charge is 0.253 e. The second-order valence-electron chi connectivity index (χ2n) is 8.24. The summed E-state index contributed by atoms with van der Waals surface area (Å²) < 4.78 is 0. The van der Waals surface area contributed by atoms with Crippen LogP contribution in [-0.4, -0.2) is 78.7 Å². The monoisotopic (exact) mass is 400 g/mol. The molecule has 1 unspecified atom stereocenters. The molecule has 2 aliphatic rings. The number of benzene rings is 1. The molecule has 2 fully saturated rings. The first kappa shape index (κ1) is 21.3. The molecule has 2 heterocycles. The van der Waals surface area contributed by atoms with Crippen LogP contribution in [0.2, 0.25) is 0 Å². The van der Waals surface area contributed by atoms with Crippen LogP contribution in [0.25, 0.3) is 0 Å². The number of amides is 3. The first-order valence-corrected chi connectivity index (χ1v) is 10.6. The van der Waals surface area contributed by atoms with E-state index >= 15 is 0 Å². The van der Waals surface area contributed by atoms with Crippen molar-refractivity contribution in [2.45, 2.75) is 32.6 Å². The molecule has 0 saturated carbocycles. The van der Waals surface area contributed by atoms with Gasteiger partial charge in [-0.15, -0.1) is 0 Å². The molecule has 7 nitrogen and oxygen atoms in total. The first-order valence-electron chi connectivity index (χ1n) is 10.6. The van der Waals surface area contributed by atoms with Gasteiger partial charge >= 0.3 is 0 Å². The standard InChI is InChI=1S/C22H32N4O3/c1-17(27)23-20-8-6-19(7-9-20)22(29)26-11-3-4-18(16-26)5-10-21(28)25-14-12-24(2)13-15-25/h6-9,18H,3-5,10-16H2,1-2H3,(H,23,27). The Labute approximate surface area is 173 Å². The summed E-state index contributed by atoms with van der Waals surface area (Å²) in [6, 6.07) is 7.03. The van der Waals surface area contributed by atoms with Crippen LogP contribution in [0.5, 0.6) is 0 Å². The van der Waals surface area contributed by atoms with Crippen LogP contribution in [0.4, 0.5) is 5.69 Å². The Bertz CT molecular complexity index is 726. The van der Waals surface area contributed by atoms with Crippen LogP contribution < -0.4 is 5.32 Å². The number of carbonyl (C=O) groups excluding carboxylic acids is 3. The van der Waals surface area contributed by atoms with Gasteiger partial charge in [0.25, 0.3) is 5.91 Å². The Morgan fingerprint density at radius 1 is 1.00 bits per heavy atom. The van der Waals surface area contributed by atoms with Gasteiger partial charge in [0.2, 0.25) is 11.8 Å². The largest absolute Gasteiger partial charge is 0.340 e. The molecule has 1 atom stereocenters. The molecule has 0 aromatic heterocycles. The SMILES string of the molecule is CC(=O)Nc1ccc(C(=O)N2CCCC(CCC(=O)N3CCN(C)CC3)C2)cc1. The van der Waals surface area contributed by atoms with Gasteiger partial charge in [-0.1, -0.05) is 0 Å². The lowest BCUT2D eigenvalue weighted by atomic mass is 9.92. The summed E-state index contributed by atoms with van der Waals surface area (Å²) in [4.78, 5) is 42.6. The highest BCUT2D eigenvalue weighted by molar-refractivity contribution is 5.95. The zero-order chi connectivity index (χ0) is 20.8. The van der Waals surface area contributed by atoms with Gasteiger partial charge in [0.15, 0.2) is 0 Å². The van der Waals surface area contributed by atoms with E-state index in [1.165, 1.54) is 6.92 Å². The highest BCUT2D eigenvalue weighted by atomic mass is 16.2. The molecule has 3 rings (SSSR count). The van der Waals surface area contributed by atoms with E-state index in [0.29, 0.717) is 30.1 Å². The molecule has 29 heavy (non-hydrogen) atoms. The highest BCUT2D eigenvalue weighted by Crippen LogP contribution is 2.23. The second-order valence-corrected chi connectivity index (χ2v) is 8.24. The third-order valence-corrected chi connectivity index (χ3v) is 5.88. The van der Waals surface area contributed by atoms with Crippen molar-refractivity contribution in [3.05, 3.63) is 29.8 Å². The second kappa shape index (κ2) is 9.87. The minimum Gasteiger partial charge on any atom is -0.340 e. The van der Waals surface area contributed by atoms with Gasteiger partial charge in [-0.25, -0.2) is 0 Å². The number of hydrogen-bond acceptors (Lipinski definition) is 4. The molecule has 1 aromatic rings. The van der Waals surface area contributed by atoms with Crippen LogP contribution in [0, 0.1) is 5.92 Å². The molecule has 1 N–H and O–H groups in total. The van der Waals surface area contributed by atoms with Crippen molar-refractivity contribution >= 4 is 23.4 Å². The Morgan fingerprint density at radius 3 is 2.34 bits per heavy atom. The molecular weight excluding hydrogens is 368 g/mol. The molecule has 2 aliphatic heterocycles. The fraction of sp³-hybridized carbons (Fsp3) is 0.591. The van der Waals surface area contributed by atoms with Crippen LogP contribution in [0.3, 0.4) is 0 Å². The molecule has 0 spiro atoms. The van der Waals surface area contributed by atoms with E-state index in [0.717, 1.165) is 52.0 Å². The van der Waals surface area contributed by atoms with E-state index in [-0.39, 0.29) is 17.7 Å². The third kappa shape index (κ3) is 6.03. The molecule has 2 saturated heterocycles. The van der Waals surface area contributed by atoms with E-state index in [4.69, 9.17) is 0 Å². The lowest BCUT2D eigenvalue weighted by Gasteiger charge is -2.34. The summed E-state index contributed by atoms with van der Waals surface area (Å²) in [5, 5.41) is 2.71. The summed E-state index contributed by atoms with van der Waals surface area (Å²) in [7, 11) is 2.09. The third-order valence-electron chi connectivity index (χ3n) is 5.88. The number of nitrogens with one attached hydrogen (secondary N) is 1. The Kier molecular flexibility index (Phi) is 7.25. The minimum absolute atomic E-state index is 0.0227. The van der Waals surface area contributed by atoms with Gasteiger partial charge < -0.3 is 20.0 Å². The van der Waals surface area contributed by atoms with Crippen molar-refractivity contribution in [3.63, 3.8) is 0 Å². The zero-order valence-corrected chi connectivity index (χ0v) is 17.5. The number of likely N-dealkylation sites (N-methyl/N-ethyl adjacent to an activating group) is 1. The fourth-order valence-electron chi connectivity index (χ4n) is 4.11. The lowest BCUT2D eigenvalue weighted by molar-refractivity contribution is -0.133. The van der Waals surface area contributed by atoms with Crippen molar-refractivity contribution in [3.8, 4) is 0 Å². The maximum Gasteiger partial charge on any atom is 0.253 e. The maximum absolute atomic E-state index is 12.9.